The van der Waals surface area contributed by atoms with Gasteiger partial charge in [-0.25, -0.2) is 4.79 Å². The molecule has 1 aromatic carbocycles. The average molecular weight is 484 g/mol. The number of carbonyl (C=O) groups is 3. The van der Waals surface area contributed by atoms with Crippen LogP contribution in [0.25, 0.3) is 0 Å². The number of benzene rings is 1. The number of hydrogen-bond donors (Lipinski definition) is 2. The largest absolute Gasteiger partial charge is 0.504 e. The SMILES string of the molecule is COC(=O)[C@H]1C(=O)C2=C(C[C@@H]1C)NC(C)=C(C(=O)OC1CCCCC1)[C@@H]2c1ccc(O)c(OC)c1. The van der Waals surface area contributed by atoms with Crippen molar-refractivity contribution in [3.63, 3.8) is 0 Å². The first-order valence-corrected chi connectivity index (χ1v) is 12.2. The van der Waals surface area contributed by atoms with Gasteiger partial charge in [0.15, 0.2) is 17.3 Å². The smallest absolute Gasteiger partial charge is 0.337 e. The van der Waals surface area contributed by atoms with Gasteiger partial charge in [0.1, 0.15) is 12.0 Å². The number of dihydropyridines is 1. The molecule has 0 saturated heterocycles. The third-order valence-electron chi connectivity index (χ3n) is 7.33. The number of allylic oxidation sites excluding steroid dienone is 3. The summed E-state index contributed by atoms with van der Waals surface area (Å²) < 4.78 is 16.2. The number of nitrogens with one attached hydrogen (secondary N) is 1. The lowest BCUT2D eigenvalue weighted by Gasteiger charge is -2.38. The van der Waals surface area contributed by atoms with Gasteiger partial charge in [0, 0.05) is 22.9 Å². The Morgan fingerprint density at radius 2 is 1.83 bits per heavy atom. The molecule has 0 unspecified atom stereocenters. The zero-order chi connectivity index (χ0) is 25.3. The summed E-state index contributed by atoms with van der Waals surface area (Å²) in [5.74, 6) is -3.27. The number of methoxy groups -OCH3 is 2. The molecule has 1 heterocycles. The van der Waals surface area contributed by atoms with Crippen molar-refractivity contribution in [2.24, 2.45) is 11.8 Å². The lowest BCUT2D eigenvalue weighted by Crippen LogP contribution is -2.43. The Morgan fingerprint density at radius 1 is 1.11 bits per heavy atom. The number of rotatable bonds is 5. The van der Waals surface area contributed by atoms with Gasteiger partial charge in [-0.1, -0.05) is 19.4 Å². The van der Waals surface area contributed by atoms with Gasteiger partial charge < -0.3 is 24.6 Å². The minimum Gasteiger partial charge on any atom is -0.504 e. The molecule has 3 aliphatic rings. The first kappa shape index (κ1) is 24.8. The van der Waals surface area contributed by atoms with Crippen LogP contribution in [0.15, 0.2) is 40.7 Å². The minimum absolute atomic E-state index is 0.0533. The molecular formula is C27H33NO7. The van der Waals surface area contributed by atoms with E-state index in [2.05, 4.69) is 5.32 Å². The lowest BCUT2D eigenvalue weighted by atomic mass is 9.69. The van der Waals surface area contributed by atoms with E-state index in [0.29, 0.717) is 34.5 Å². The van der Waals surface area contributed by atoms with Crippen LogP contribution in [0.2, 0.25) is 0 Å². The van der Waals surface area contributed by atoms with Crippen LogP contribution < -0.4 is 10.1 Å². The molecule has 35 heavy (non-hydrogen) atoms. The second-order valence-corrected chi connectivity index (χ2v) is 9.63. The van der Waals surface area contributed by atoms with Crippen molar-refractivity contribution in [1.29, 1.82) is 0 Å². The van der Waals surface area contributed by atoms with Crippen molar-refractivity contribution in [1.82, 2.24) is 5.32 Å². The van der Waals surface area contributed by atoms with Crippen LogP contribution in [-0.4, -0.2) is 43.2 Å². The second-order valence-electron chi connectivity index (χ2n) is 9.63. The van der Waals surface area contributed by atoms with Crippen LogP contribution in [0.5, 0.6) is 11.5 Å². The van der Waals surface area contributed by atoms with Crippen LogP contribution in [-0.2, 0) is 23.9 Å². The zero-order valence-electron chi connectivity index (χ0n) is 20.7. The molecular weight excluding hydrogens is 450 g/mol. The molecule has 2 N–H and O–H groups in total. The molecule has 3 atom stereocenters. The molecule has 8 nitrogen and oxygen atoms in total. The highest BCUT2D eigenvalue weighted by Gasteiger charge is 2.47. The molecule has 0 radical (unpaired) electrons. The third kappa shape index (κ3) is 4.66. The fourth-order valence-electron chi connectivity index (χ4n) is 5.56. The number of aromatic hydroxyl groups is 1. The summed E-state index contributed by atoms with van der Waals surface area (Å²) in [7, 11) is 2.71. The van der Waals surface area contributed by atoms with Gasteiger partial charge in [0.2, 0.25) is 0 Å². The van der Waals surface area contributed by atoms with E-state index in [0.717, 1.165) is 32.1 Å². The number of Topliss-reactive ketones (excluding diaryl/α,β-unsaturated/α-hetero) is 1. The van der Waals surface area contributed by atoms with Gasteiger partial charge in [0.25, 0.3) is 0 Å². The summed E-state index contributed by atoms with van der Waals surface area (Å²) in [4.78, 5) is 39.9. The summed E-state index contributed by atoms with van der Waals surface area (Å²) in [5, 5.41) is 13.4. The molecule has 1 saturated carbocycles. The number of phenols is 1. The van der Waals surface area contributed by atoms with E-state index in [4.69, 9.17) is 14.2 Å². The van der Waals surface area contributed by atoms with Crippen molar-refractivity contribution in [2.75, 3.05) is 14.2 Å². The molecule has 8 heteroatoms. The molecule has 0 spiro atoms. The molecule has 188 valence electrons. The van der Waals surface area contributed by atoms with Gasteiger partial charge in [0.05, 0.1) is 19.8 Å². The maximum Gasteiger partial charge on any atom is 0.337 e. The molecule has 2 aliphatic carbocycles. The maximum absolute atomic E-state index is 13.8. The summed E-state index contributed by atoms with van der Waals surface area (Å²) in [6.07, 6.45) is 5.08. The summed E-state index contributed by atoms with van der Waals surface area (Å²) >= 11 is 0. The first-order chi connectivity index (χ1) is 16.8. The van der Waals surface area contributed by atoms with E-state index in [9.17, 15) is 19.5 Å². The summed E-state index contributed by atoms with van der Waals surface area (Å²) in [5.41, 5.74) is 2.57. The topological polar surface area (TPSA) is 111 Å². The highest BCUT2D eigenvalue weighted by Crippen LogP contribution is 2.47. The highest BCUT2D eigenvalue weighted by molar-refractivity contribution is 6.12. The number of ketones is 1. The van der Waals surface area contributed by atoms with Crippen molar-refractivity contribution in [2.45, 2.75) is 64.4 Å². The highest BCUT2D eigenvalue weighted by atomic mass is 16.5. The second kappa shape index (κ2) is 10.1. The molecule has 0 bridgehead atoms. The van der Waals surface area contributed by atoms with E-state index >= 15 is 0 Å². The lowest BCUT2D eigenvalue weighted by molar-refractivity contribution is -0.151. The van der Waals surface area contributed by atoms with E-state index < -0.39 is 23.8 Å². The molecule has 1 aliphatic heterocycles. The van der Waals surface area contributed by atoms with Gasteiger partial charge >= 0.3 is 11.9 Å². The van der Waals surface area contributed by atoms with Crippen molar-refractivity contribution >= 4 is 17.7 Å². The minimum atomic E-state index is -0.962. The van der Waals surface area contributed by atoms with E-state index in [1.165, 1.54) is 20.3 Å². The zero-order valence-corrected chi connectivity index (χ0v) is 20.7. The number of phenolic OH excluding ortho intramolecular Hbond substituents is 1. The maximum atomic E-state index is 13.8. The Bertz CT molecular complexity index is 1100. The van der Waals surface area contributed by atoms with E-state index in [1.54, 1.807) is 19.1 Å². The van der Waals surface area contributed by atoms with Gasteiger partial charge in [-0.3, -0.25) is 9.59 Å². The quantitative estimate of drug-likeness (QED) is 0.479. The number of hydrogen-bond acceptors (Lipinski definition) is 8. The molecule has 1 aromatic rings. The van der Waals surface area contributed by atoms with Gasteiger partial charge in [-0.05, 0) is 62.6 Å². The number of esters is 2. The standard InChI is InChI=1S/C27H33NO7/c1-14-12-18-24(25(30)21(14)26(31)34-4)23(16-10-11-19(29)20(13-16)33-3)22(15(2)28-18)27(32)35-17-8-6-5-7-9-17/h10-11,13-14,17,21,23,28-29H,5-9,12H2,1-4H3/t14-,21+,23-/m0/s1. The Hall–Kier alpha value is -3.29. The van der Waals surface area contributed by atoms with Crippen LogP contribution in [0.4, 0.5) is 0 Å². The van der Waals surface area contributed by atoms with Crippen LogP contribution >= 0.6 is 0 Å². The normalized spacial score (nSPS) is 25.0. The van der Waals surface area contributed by atoms with Crippen LogP contribution in [0.1, 0.15) is 63.9 Å². The van der Waals surface area contributed by atoms with Crippen molar-refractivity contribution in [3.05, 3.63) is 46.3 Å². The van der Waals surface area contributed by atoms with Gasteiger partial charge in [-0.15, -0.1) is 0 Å². The molecule has 0 amide bonds. The van der Waals surface area contributed by atoms with Crippen LogP contribution in [0, 0.1) is 11.8 Å². The van der Waals surface area contributed by atoms with Crippen molar-refractivity contribution in [3.8, 4) is 11.5 Å². The molecule has 0 aromatic heterocycles. The Labute approximate surface area is 205 Å². The molecule has 1 fully saturated rings. The number of ether oxygens (including phenoxy) is 3. The predicted octanol–water partition coefficient (Wildman–Crippen LogP) is 3.89. The fourth-order valence-corrected chi connectivity index (χ4v) is 5.56. The summed E-state index contributed by atoms with van der Waals surface area (Å²) in [6.45, 7) is 3.64. The van der Waals surface area contributed by atoms with Crippen LogP contribution in [0.3, 0.4) is 0 Å². The number of carbonyl (C=O) groups excluding carboxylic acids is 3. The van der Waals surface area contributed by atoms with E-state index in [1.807, 2.05) is 6.92 Å². The Morgan fingerprint density at radius 3 is 2.49 bits per heavy atom. The monoisotopic (exact) mass is 483 g/mol. The Kier molecular flexibility index (Phi) is 7.19. The van der Waals surface area contributed by atoms with Gasteiger partial charge in [-0.2, -0.15) is 0 Å². The average Bonchev–Trinajstić information content (AvgIpc) is 2.83. The van der Waals surface area contributed by atoms with E-state index in [-0.39, 0.29) is 29.3 Å². The predicted molar refractivity (Wildman–Crippen MR) is 128 cm³/mol. The summed E-state index contributed by atoms with van der Waals surface area (Å²) in [6, 6.07) is 4.76. The van der Waals surface area contributed by atoms with Crippen molar-refractivity contribution < 1.29 is 33.7 Å². The Balaban J connectivity index is 1.82. The third-order valence-corrected chi connectivity index (χ3v) is 7.33. The first-order valence-electron chi connectivity index (χ1n) is 12.2. The molecule has 4 rings (SSSR count). The fraction of sp³-hybridized carbons (Fsp3) is 0.519.